The highest BCUT2D eigenvalue weighted by Crippen LogP contribution is 2.39. The minimum atomic E-state index is -0.390. The number of rotatable bonds is 9. The number of halogens is 5. The van der Waals surface area contributed by atoms with Crippen molar-refractivity contribution >= 4 is 77.5 Å². The third-order valence-electron chi connectivity index (χ3n) is 10.5. The van der Waals surface area contributed by atoms with Crippen LogP contribution in [0.5, 0.6) is 0 Å². The molecule has 1 saturated heterocycles. The molecular weight excluding hydrogens is 917 g/mol. The Bertz CT molecular complexity index is 3050. The third kappa shape index (κ3) is 8.44. The summed E-state index contributed by atoms with van der Waals surface area (Å²) in [5, 5.41) is 23.7. The van der Waals surface area contributed by atoms with Gasteiger partial charge in [0, 0.05) is 75.9 Å². The van der Waals surface area contributed by atoms with Gasteiger partial charge in [0.2, 0.25) is 0 Å². The fourth-order valence-electron chi connectivity index (χ4n) is 7.33. The molecule has 0 bridgehead atoms. The van der Waals surface area contributed by atoms with Gasteiger partial charge in [-0.15, -0.1) is 0 Å². The van der Waals surface area contributed by atoms with E-state index in [9.17, 15) is 28.1 Å². The Labute approximate surface area is 376 Å². The molecule has 0 amide bonds. The van der Waals surface area contributed by atoms with Crippen LogP contribution >= 0.6 is 38.6 Å². The number of aryl methyl sites for hydroxylation is 2. The number of thiazole rings is 2. The quantitative estimate of drug-likeness (QED) is 0.140. The minimum Gasteiger partial charge on any atom is -0.365 e. The van der Waals surface area contributed by atoms with Crippen LogP contribution in [0.1, 0.15) is 35.0 Å². The average molecular weight is 954 g/mol. The Morgan fingerprint density at radius 3 is 1.57 bits per heavy atom. The van der Waals surface area contributed by atoms with Gasteiger partial charge in [-0.25, -0.2) is 37.5 Å². The zero-order valence-electron chi connectivity index (χ0n) is 34.3. The van der Waals surface area contributed by atoms with Crippen LogP contribution in [0.15, 0.2) is 77.5 Å². The van der Waals surface area contributed by atoms with Gasteiger partial charge in [0.25, 0.3) is 0 Å². The maximum Gasteiger partial charge on any atom is 0.192 e. The zero-order chi connectivity index (χ0) is 44.5. The predicted molar refractivity (Wildman–Crippen MR) is 242 cm³/mol. The van der Waals surface area contributed by atoms with Crippen LogP contribution in [0, 0.1) is 45.9 Å². The van der Waals surface area contributed by atoms with Gasteiger partial charge in [0.15, 0.2) is 16.1 Å². The van der Waals surface area contributed by atoms with Crippen molar-refractivity contribution in [1.82, 2.24) is 34.1 Å². The monoisotopic (exact) mass is 952 g/mol. The largest absolute Gasteiger partial charge is 0.365 e. The van der Waals surface area contributed by atoms with E-state index in [1.54, 1.807) is 41.1 Å². The summed E-state index contributed by atoms with van der Waals surface area (Å²) in [4.78, 5) is 25.2. The first-order valence-corrected chi connectivity index (χ1v) is 22.2. The number of aromatic nitrogens is 6. The Morgan fingerprint density at radius 1 is 0.683 bits per heavy atom. The summed E-state index contributed by atoms with van der Waals surface area (Å²) in [5.41, 5.74) is 5.47. The Kier molecular flexibility index (Phi) is 12.5. The van der Waals surface area contributed by atoms with Crippen molar-refractivity contribution < 1.29 is 17.6 Å². The van der Waals surface area contributed by atoms with Gasteiger partial charge in [-0.05, 0) is 77.3 Å². The average Bonchev–Trinajstić information content (AvgIpc) is 4.09. The number of hydrogen-bond donors (Lipinski definition) is 1. The smallest absolute Gasteiger partial charge is 0.192 e. The molecule has 0 aliphatic carbocycles. The van der Waals surface area contributed by atoms with Crippen molar-refractivity contribution in [2.45, 2.75) is 26.7 Å². The summed E-state index contributed by atoms with van der Waals surface area (Å²) in [6.07, 6.45) is 4.71. The molecule has 0 spiro atoms. The van der Waals surface area contributed by atoms with Crippen molar-refractivity contribution in [1.29, 1.82) is 10.5 Å². The second kappa shape index (κ2) is 18.1. The lowest BCUT2D eigenvalue weighted by atomic mass is 10.1. The normalized spacial score (nSPS) is 12.6. The van der Waals surface area contributed by atoms with Crippen LogP contribution in [0.2, 0.25) is 0 Å². The first-order chi connectivity index (χ1) is 30.4. The third-order valence-corrected chi connectivity index (χ3v) is 13.1. The van der Waals surface area contributed by atoms with E-state index in [0.29, 0.717) is 76.8 Å². The molecule has 1 aliphatic rings. The van der Waals surface area contributed by atoms with Crippen LogP contribution in [0.4, 0.5) is 45.1 Å². The summed E-state index contributed by atoms with van der Waals surface area (Å²) in [5.74, 6) is 0.135. The molecule has 1 fully saturated rings. The van der Waals surface area contributed by atoms with Gasteiger partial charge in [-0.2, -0.15) is 10.5 Å². The summed E-state index contributed by atoms with van der Waals surface area (Å²) in [6, 6.07) is 19.0. The number of nitriles is 2. The summed E-state index contributed by atoms with van der Waals surface area (Å²) in [6.45, 7) is 7.02. The van der Waals surface area contributed by atoms with Gasteiger partial charge in [-0.3, -0.25) is 8.80 Å². The Morgan fingerprint density at radius 2 is 1.13 bits per heavy atom. The number of pyridine rings is 2. The highest BCUT2D eigenvalue weighted by molar-refractivity contribution is 9.10. The zero-order valence-corrected chi connectivity index (χ0v) is 37.5. The lowest BCUT2D eigenvalue weighted by Crippen LogP contribution is -2.44. The van der Waals surface area contributed by atoms with E-state index >= 15 is 0 Å². The van der Waals surface area contributed by atoms with Crippen molar-refractivity contribution in [3.05, 3.63) is 122 Å². The molecule has 19 heteroatoms. The van der Waals surface area contributed by atoms with E-state index in [2.05, 4.69) is 48.3 Å². The predicted octanol–water partition coefficient (Wildman–Crippen LogP) is 10.0. The first kappa shape index (κ1) is 43.3. The number of piperazine rings is 1. The first-order valence-electron chi connectivity index (χ1n) is 19.8. The molecule has 0 atom stereocenters. The van der Waals surface area contributed by atoms with Crippen LogP contribution < -0.4 is 20.0 Å². The molecule has 1 N–H and O–H groups in total. The molecule has 6 aromatic heterocycles. The summed E-state index contributed by atoms with van der Waals surface area (Å²) >= 11 is 5.71. The van der Waals surface area contributed by atoms with Gasteiger partial charge in [0.1, 0.15) is 73.7 Å². The highest BCUT2D eigenvalue weighted by atomic mass is 79.9. The fourth-order valence-corrected chi connectivity index (χ4v) is 9.35. The lowest BCUT2D eigenvalue weighted by Gasteiger charge is -2.30. The number of hydrogen-bond acceptors (Lipinski definition) is 12. The standard InChI is InChI=1S/C24H23F2N7S.C20H14BrF2N5S/c1-3-18-23(33-14-19(17(26)12-21(33)29-18)32-10-8-28-9-11-32)31(2)24-30-22(20(13-27)34-24)15-4-6-16(25)7-5-15;1-3-15-19(28-10-13(21)14(23)8-17(28)25-15)27(2)20-26-18(16(9-24)29-20)11-4-6-12(22)7-5-11/h4-7,12,14,28H,3,8-11H2,1-2H3;4-8,10H,3H2,1-2H3. The molecule has 9 rings (SSSR count). The molecule has 12 nitrogen and oxygen atoms in total. The van der Waals surface area contributed by atoms with Gasteiger partial charge in [-0.1, -0.05) is 36.5 Å². The van der Waals surface area contributed by atoms with E-state index in [4.69, 9.17) is 4.98 Å². The number of anilines is 5. The minimum absolute atomic E-state index is 0.295. The molecule has 320 valence electrons. The van der Waals surface area contributed by atoms with Crippen molar-refractivity contribution in [3.63, 3.8) is 0 Å². The second-order valence-corrected chi connectivity index (χ2v) is 17.2. The van der Waals surface area contributed by atoms with E-state index in [1.165, 1.54) is 59.1 Å². The molecule has 7 heterocycles. The number of imidazole rings is 2. The molecule has 0 radical (unpaired) electrons. The van der Waals surface area contributed by atoms with Gasteiger partial charge >= 0.3 is 0 Å². The second-order valence-electron chi connectivity index (χ2n) is 14.3. The number of nitrogens with one attached hydrogen (secondary N) is 1. The Hall–Kier alpha value is -6.38. The van der Waals surface area contributed by atoms with E-state index in [0.717, 1.165) is 49.2 Å². The van der Waals surface area contributed by atoms with Gasteiger partial charge < -0.3 is 20.0 Å². The lowest BCUT2D eigenvalue weighted by molar-refractivity contribution is 0.565. The number of fused-ring (bicyclic) bond motifs is 2. The molecule has 63 heavy (non-hydrogen) atoms. The molecular formula is C44H37BrF4N12S2. The molecule has 1 aliphatic heterocycles. The molecule has 0 saturated carbocycles. The van der Waals surface area contributed by atoms with Crippen molar-refractivity contribution in [2.75, 3.05) is 55.0 Å². The molecule has 8 aromatic rings. The van der Waals surface area contributed by atoms with Crippen LogP contribution in [-0.2, 0) is 12.8 Å². The van der Waals surface area contributed by atoms with E-state index in [1.807, 2.05) is 47.0 Å². The topological polar surface area (TPSA) is 130 Å². The summed E-state index contributed by atoms with van der Waals surface area (Å²) < 4.78 is 59.6. The van der Waals surface area contributed by atoms with Crippen LogP contribution in [0.3, 0.4) is 0 Å². The maximum absolute atomic E-state index is 15.0. The number of nitrogens with zero attached hydrogens (tertiary/aromatic N) is 11. The van der Waals surface area contributed by atoms with E-state index < -0.39 is 0 Å². The fraction of sp³-hybridized carbons (Fsp3) is 0.227. The van der Waals surface area contributed by atoms with Gasteiger partial charge in [0.05, 0.1) is 21.5 Å². The highest BCUT2D eigenvalue weighted by Gasteiger charge is 2.25. The Balaban J connectivity index is 0.000000175. The summed E-state index contributed by atoms with van der Waals surface area (Å²) in [7, 11) is 3.69. The number of benzene rings is 2. The molecule has 2 aromatic carbocycles. The van der Waals surface area contributed by atoms with E-state index in [-0.39, 0.29) is 23.3 Å². The SMILES string of the molecule is CCc1nc2cc(F)c(Br)cn2c1N(C)c1nc(-c2ccc(F)cc2)c(C#N)s1.CCc1nc2cc(F)c(N3CCNCC3)cn2c1N(C)c1nc(-c2ccc(F)cc2)c(C#N)s1. The molecule has 0 unspecified atom stereocenters. The van der Waals surface area contributed by atoms with Crippen molar-refractivity contribution in [2.24, 2.45) is 0 Å². The van der Waals surface area contributed by atoms with Crippen LogP contribution in [0.25, 0.3) is 33.8 Å². The maximum atomic E-state index is 15.0. The van der Waals surface area contributed by atoms with Crippen molar-refractivity contribution in [3.8, 4) is 34.7 Å². The van der Waals surface area contributed by atoms with Crippen LogP contribution in [-0.4, -0.2) is 69.0 Å².